The topological polar surface area (TPSA) is 45.7 Å². The van der Waals surface area contributed by atoms with Gasteiger partial charge in [-0.25, -0.2) is 4.39 Å². The van der Waals surface area contributed by atoms with Crippen molar-refractivity contribution in [2.75, 3.05) is 20.7 Å². The molecule has 4 nitrogen and oxygen atoms in total. The van der Waals surface area contributed by atoms with Crippen molar-refractivity contribution in [1.82, 2.24) is 10.6 Å². The number of nitrogens with one attached hydrogen (secondary N) is 2. The summed E-state index contributed by atoms with van der Waals surface area (Å²) in [6, 6.07) is 14.7. The van der Waals surface area contributed by atoms with Gasteiger partial charge in [-0.05, 0) is 42.7 Å². The number of hydrogen-bond donors (Lipinski definition) is 2. The van der Waals surface area contributed by atoms with Gasteiger partial charge in [0.25, 0.3) is 0 Å². The van der Waals surface area contributed by atoms with Gasteiger partial charge in [-0.1, -0.05) is 36.4 Å². The summed E-state index contributed by atoms with van der Waals surface area (Å²) in [7, 11) is 3.38. The maximum atomic E-state index is 13.1. The summed E-state index contributed by atoms with van der Waals surface area (Å²) in [6.45, 7) is 4.73. The summed E-state index contributed by atoms with van der Waals surface area (Å²) in [5.41, 5.74) is 3.38. The molecular formula is C20H26FN3O. The zero-order valence-corrected chi connectivity index (χ0v) is 15.2. The lowest BCUT2D eigenvalue weighted by Crippen LogP contribution is -2.40. The van der Waals surface area contributed by atoms with E-state index in [1.165, 1.54) is 23.3 Å². The second-order valence-corrected chi connectivity index (χ2v) is 5.95. The molecule has 2 rings (SSSR count). The average molecular weight is 343 g/mol. The fraction of sp³-hybridized carbons (Fsp3) is 0.350. The van der Waals surface area contributed by atoms with Crippen molar-refractivity contribution >= 4 is 5.96 Å². The Morgan fingerprint density at radius 3 is 2.44 bits per heavy atom. The number of methoxy groups -OCH3 is 1. The van der Waals surface area contributed by atoms with Gasteiger partial charge in [-0.15, -0.1) is 0 Å². The lowest BCUT2D eigenvalue weighted by Gasteiger charge is -2.22. The van der Waals surface area contributed by atoms with Crippen molar-refractivity contribution < 1.29 is 9.13 Å². The van der Waals surface area contributed by atoms with Gasteiger partial charge in [0, 0.05) is 20.7 Å². The molecule has 5 heteroatoms. The van der Waals surface area contributed by atoms with E-state index in [1.54, 1.807) is 26.3 Å². The molecule has 25 heavy (non-hydrogen) atoms. The van der Waals surface area contributed by atoms with Crippen LogP contribution in [-0.2, 0) is 4.74 Å². The van der Waals surface area contributed by atoms with Gasteiger partial charge in [-0.3, -0.25) is 4.99 Å². The van der Waals surface area contributed by atoms with E-state index in [1.807, 2.05) is 12.1 Å². The number of ether oxygens (including phenoxy) is 1. The van der Waals surface area contributed by atoms with E-state index in [0.717, 1.165) is 5.56 Å². The highest BCUT2D eigenvalue weighted by atomic mass is 19.1. The highest BCUT2D eigenvalue weighted by Gasteiger charge is 2.13. The van der Waals surface area contributed by atoms with Crippen LogP contribution in [0.3, 0.4) is 0 Å². The van der Waals surface area contributed by atoms with Crippen molar-refractivity contribution in [2.24, 2.45) is 4.99 Å². The number of benzene rings is 2. The fourth-order valence-electron chi connectivity index (χ4n) is 2.75. The minimum atomic E-state index is -0.254. The Morgan fingerprint density at radius 2 is 1.84 bits per heavy atom. The monoisotopic (exact) mass is 343 g/mol. The van der Waals surface area contributed by atoms with Gasteiger partial charge >= 0.3 is 0 Å². The molecule has 0 saturated carbocycles. The van der Waals surface area contributed by atoms with Gasteiger partial charge in [0.05, 0.1) is 12.1 Å². The van der Waals surface area contributed by atoms with Crippen molar-refractivity contribution in [2.45, 2.75) is 26.0 Å². The first kappa shape index (κ1) is 18.9. The van der Waals surface area contributed by atoms with Crippen LogP contribution in [-0.4, -0.2) is 26.7 Å². The summed E-state index contributed by atoms with van der Waals surface area (Å²) in [5, 5.41) is 6.66. The van der Waals surface area contributed by atoms with Crippen molar-refractivity contribution in [1.29, 1.82) is 0 Å². The van der Waals surface area contributed by atoms with Gasteiger partial charge in [-0.2, -0.15) is 0 Å². The minimum absolute atomic E-state index is 0.124. The van der Waals surface area contributed by atoms with Crippen LogP contribution in [0, 0.1) is 12.7 Å². The molecule has 0 aromatic heterocycles. The molecule has 0 radical (unpaired) electrons. The van der Waals surface area contributed by atoms with E-state index in [0.29, 0.717) is 12.5 Å². The standard InChI is InChI=1S/C20H26FN3O/c1-14-7-5-6-8-18(14)15(2)24-20(22-3)23-13-19(25-4)16-9-11-17(21)12-10-16/h5-12,15,19H,13H2,1-4H3,(H2,22,23,24). The minimum Gasteiger partial charge on any atom is -0.375 e. The Hall–Kier alpha value is -2.40. The molecule has 0 aliphatic heterocycles. The van der Waals surface area contributed by atoms with Gasteiger partial charge in [0.2, 0.25) is 0 Å². The molecular weight excluding hydrogens is 317 g/mol. The second-order valence-electron chi connectivity index (χ2n) is 5.95. The van der Waals surface area contributed by atoms with Crippen LogP contribution in [0.5, 0.6) is 0 Å². The van der Waals surface area contributed by atoms with Crippen LogP contribution < -0.4 is 10.6 Å². The van der Waals surface area contributed by atoms with Gasteiger partial charge in [0.15, 0.2) is 5.96 Å². The molecule has 0 fully saturated rings. The molecule has 2 unspecified atom stereocenters. The third-order valence-electron chi connectivity index (χ3n) is 4.21. The molecule has 134 valence electrons. The van der Waals surface area contributed by atoms with Crippen molar-refractivity contribution in [3.05, 3.63) is 71.0 Å². The third-order valence-corrected chi connectivity index (χ3v) is 4.21. The fourth-order valence-corrected chi connectivity index (χ4v) is 2.75. The molecule has 2 N–H and O–H groups in total. The molecule has 0 saturated heterocycles. The van der Waals surface area contributed by atoms with Crippen LogP contribution in [0.1, 0.15) is 35.8 Å². The smallest absolute Gasteiger partial charge is 0.191 e. The number of aliphatic imine (C=N–C) groups is 1. The number of nitrogens with zero attached hydrogens (tertiary/aromatic N) is 1. The normalized spacial score (nSPS) is 14.0. The van der Waals surface area contributed by atoms with Crippen molar-refractivity contribution in [3.8, 4) is 0 Å². The molecule has 0 spiro atoms. The highest BCUT2D eigenvalue weighted by Crippen LogP contribution is 2.18. The number of halogens is 1. The summed E-state index contributed by atoms with van der Waals surface area (Å²) in [6.07, 6.45) is -0.187. The van der Waals surface area contributed by atoms with E-state index in [-0.39, 0.29) is 18.0 Å². The lowest BCUT2D eigenvalue weighted by atomic mass is 10.0. The average Bonchev–Trinajstić information content (AvgIpc) is 2.62. The number of aryl methyl sites for hydroxylation is 1. The van der Waals surface area contributed by atoms with Crippen molar-refractivity contribution in [3.63, 3.8) is 0 Å². The molecule has 2 atom stereocenters. The molecule has 2 aromatic carbocycles. The van der Waals surface area contributed by atoms with Crippen LogP contribution in [0.15, 0.2) is 53.5 Å². The first-order chi connectivity index (χ1) is 12.0. The first-order valence-corrected chi connectivity index (χ1v) is 8.36. The SMILES string of the molecule is CN=C(NCC(OC)c1ccc(F)cc1)NC(C)c1ccccc1C. The van der Waals surface area contributed by atoms with Crippen LogP contribution >= 0.6 is 0 Å². The predicted molar refractivity (Wildman–Crippen MR) is 100 cm³/mol. The Morgan fingerprint density at radius 1 is 1.16 bits per heavy atom. The Bertz CT molecular complexity index is 700. The quantitative estimate of drug-likeness (QED) is 0.620. The third kappa shape index (κ3) is 5.29. The lowest BCUT2D eigenvalue weighted by molar-refractivity contribution is 0.106. The number of guanidine groups is 1. The van der Waals surface area contributed by atoms with Crippen LogP contribution in [0.2, 0.25) is 0 Å². The summed E-state index contributed by atoms with van der Waals surface area (Å²) >= 11 is 0. The largest absolute Gasteiger partial charge is 0.375 e. The molecule has 0 aliphatic carbocycles. The zero-order chi connectivity index (χ0) is 18.2. The van der Waals surface area contributed by atoms with Crippen LogP contribution in [0.25, 0.3) is 0 Å². The predicted octanol–water partition coefficient (Wildman–Crippen LogP) is 3.75. The number of rotatable bonds is 6. The Balaban J connectivity index is 1.97. The summed E-state index contributed by atoms with van der Waals surface area (Å²) in [5.74, 6) is 0.441. The molecule has 0 amide bonds. The zero-order valence-electron chi connectivity index (χ0n) is 15.2. The first-order valence-electron chi connectivity index (χ1n) is 8.36. The molecule has 0 bridgehead atoms. The molecule has 2 aromatic rings. The van der Waals surface area contributed by atoms with Crippen LogP contribution in [0.4, 0.5) is 4.39 Å². The highest BCUT2D eigenvalue weighted by molar-refractivity contribution is 5.80. The van der Waals surface area contributed by atoms with Gasteiger partial charge < -0.3 is 15.4 Å². The molecule has 0 aliphatic rings. The van der Waals surface area contributed by atoms with Gasteiger partial charge in [0.1, 0.15) is 5.82 Å². The molecule has 0 heterocycles. The van der Waals surface area contributed by atoms with E-state index >= 15 is 0 Å². The maximum Gasteiger partial charge on any atom is 0.191 e. The Labute approximate surface area is 149 Å². The van der Waals surface area contributed by atoms with E-state index in [4.69, 9.17) is 4.74 Å². The number of hydrogen-bond acceptors (Lipinski definition) is 2. The summed E-state index contributed by atoms with van der Waals surface area (Å²) in [4.78, 5) is 4.28. The maximum absolute atomic E-state index is 13.1. The van der Waals surface area contributed by atoms with E-state index < -0.39 is 0 Å². The van der Waals surface area contributed by atoms with E-state index in [9.17, 15) is 4.39 Å². The second kappa shape index (κ2) is 9.18. The summed E-state index contributed by atoms with van der Waals surface area (Å²) < 4.78 is 18.6. The van der Waals surface area contributed by atoms with E-state index in [2.05, 4.69) is 41.6 Å². The Kier molecular flexibility index (Phi) is 6.95.